The summed E-state index contributed by atoms with van der Waals surface area (Å²) in [7, 11) is -0.830. The number of nitrogens with one attached hydrogen (secondary N) is 1. The van der Waals surface area contributed by atoms with Crippen molar-refractivity contribution >= 4 is 33.3 Å². The van der Waals surface area contributed by atoms with E-state index in [0.717, 1.165) is 29.7 Å². The predicted octanol–water partition coefficient (Wildman–Crippen LogP) is 0.239. The molecule has 12 heteroatoms. The van der Waals surface area contributed by atoms with Gasteiger partial charge in [-0.2, -0.15) is 0 Å². The molecule has 1 unspecified atom stereocenters. The number of likely N-dealkylation sites (N-methyl/N-ethyl adjacent to an activating group) is 1. The molecule has 2 aliphatic rings. The molecule has 0 aromatic heterocycles. The molecule has 0 bridgehead atoms. The van der Waals surface area contributed by atoms with Gasteiger partial charge in [-0.05, 0) is 37.0 Å². The highest BCUT2D eigenvalue weighted by Gasteiger charge is 2.51. The smallest absolute Gasteiger partial charge is 0.297 e. The molecule has 1 atom stereocenters. The average molecular weight is 484 g/mol. The molecule has 1 aromatic rings. The minimum atomic E-state index is -3.76. The minimum Gasteiger partial charge on any atom is -0.382 e. The summed E-state index contributed by atoms with van der Waals surface area (Å²) in [6, 6.07) is 1.52. The molecule has 1 aliphatic carbocycles. The van der Waals surface area contributed by atoms with Crippen LogP contribution in [0.25, 0.3) is 0 Å². The second-order valence-electron chi connectivity index (χ2n) is 8.01. The summed E-state index contributed by atoms with van der Waals surface area (Å²) in [5, 5.41) is 2.44. The van der Waals surface area contributed by atoms with Crippen molar-refractivity contribution in [3.8, 4) is 0 Å². The third-order valence-electron chi connectivity index (χ3n) is 5.70. The maximum absolute atomic E-state index is 13.5. The Balaban J connectivity index is 1.84. The van der Waals surface area contributed by atoms with E-state index in [1.165, 1.54) is 20.2 Å². The van der Waals surface area contributed by atoms with Gasteiger partial charge >= 0.3 is 0 Å². The fourth-order valence-corrected chi connectivity index (χ4v) is 4.74. The van der Waals surface area contributed by atoms with Crippen molar-refractivity contribution in [3.63, 3.8) is 0 Å². The van der Waals surface area contributed by atoms with E-state index in [9.17, 15) is 27.2 Å². The molecular formula is C21H26FN3O7S. The molecule has 180 valence electrons. The Bertz CT molecular complexity index is 1100. The van der Waals surface area contributed by atoms with Crippen molar-refractivity contribution in [1.29, 1.82) is 0 Å². The summed E-state index contributed by atoms with van der Waals surface area (Å²) in [5.41, 5.74) is -0.746. The molecule has 33 heavy (non-hydrogen) atoms. The van der Waals surface area contributed by atoms with Crippen LogP contribution in [0.4, 0.5) is 4.39 Å². The van der Waals surface area contributed by atoms with E-state index in [0.29, 0.717) is 19.4 Å². The van der Waals surface area contributed by atoms with Gasteiger partial charge in [0.1, 0.15) is 17.3 Å². The average Bonchev–Trinajstić information content (AvgIpc) is 2.73. The molecule has 3 rings (SSSR count). The fraction of sp³-hybridized carbons (Fsp3) is 0.524. The highest BCUT2D eigenvalue weighted by Crippen LogP contribution is 2.39. The molecule has 10 nitrogen and oxygen atoms in total. The number of amides is 2. The van der Waals surface area contributed by atoms with Crippen molar-refractivity contribution in [3.05, 3.63) is 29.6 Å². The van der Waals surface area contributed by atoms with Crippen LogP contribution in [-0.4, -0.2) is 82.0 Å². The Morgan fingerprint density at radius 2 is 2.00 bits per heavy atom. The van der Waals surface area contributed by atoms with Crippen LogP contribution in [0.2, 0.25) is 0 Å². The van der Waals surface area contributed by atoms with Crippen LogP contribution in [0.1, 0.15) is 24.8 Å². The van der Waals surface area contributed by atoms with Gasteiger partial charge in [0.2, 0.25) is 0 Å². The van der Waals surface area contributed by atoms with Gasteiger partial charge in [0.25, 0.3) is 17.6 Å². The highest BCUT2D eigenvalue weighted by atomic mass is 32.2. The molecule has 1 heterocycles. The number of nitrogens with zero attached hydrogens (tertiary/aromatic N) is 2. The second-order valence-corrected chi connectivity index (χ2v) is 10.00. The number of ketones is 1. The molecule has 0 saturated heterocycles. The largest absolute Gasteiger partial charge is 0.382 e. The first kappa shape index (κ1) is 24.9. The van der Waals surface area contributed by atoms with Crippen LogP contribution in [0.15, 0.2) is 28.1 Å². The van der Waals surface area contributed by atoms with E-state index < -0.39 is 44.9 Å². The lowest BCUT2D eigenvalue weighted by Crippen LogP contribution is -2.62. The number of amidine groups is 1. The minimum absolute atomic E-state index is 0.140. The number of hydrogen-bond donors (Lipinski definition) is 1. The number of carbonyl (C=O) groups is 3. The van der Waals surface area contributed by atoms with E-state index >= 15 is 0 Å². The van der Waals surface area contributed by atoms with E-state index in [1.54, 1.807) is 0 Å². The van der Waals surface area contributed by atoms with Gasteiger partial charge in [0.05, 0.1) is 18.1 Å². The maximum Gasteiger partial charge on any atom is 0.297 e. The quantitative estimate of drug-likeness (QED) is 0.302. The van der Waals surface area contributed by atoms with Crippen LogP contribution in [0.3, 0.4) is 0 Å². The van der Waals surface area contributed by atoms with Crippen molar-refractivity contribution in [1.82, 2.24) is 10.2 Å². The molecule has 1 aliphatic heterocycles. The number of sulfone groups is 1. The van der Waals surface area contributed by atoms with Crippen LogP contribution in [-0.2, 0) is 40.2 Å². The highest BCUT2D eigenvalue weighted by molar-refractivity contribution is 7.90. The summed E-state index contributed by atoms with van der Waals surface area (Å²) < 4.78 is 48.4. The maximum atomic E-state index is 13.5. The lowest BCUT2D eigenvalue weighted by molar-refractivity contribution is -0.146. The summed E-state index contributed by atoms with van der Waals surface area (Å²) in [6.07, 6.45) is 2.90. The second kappa shape index (κ2) is 9.65. The number of Topliss-reactive ketones (excluding diaryl/α,β-unsaturated/α-hetero) is 1. The Morgan fingerprint density at radius 1 is 1.30 bits per heavy atom. The van der Waals surface area contributed by atoms with Crippen molar-refractivity contribution in [2.45, 2.75) is 42.3 Å². The normalized spacial score (nSPS) is 20.3. The predicted molar refractivity (Wildman–Crippen MR) is 115 cm³/mol. The van der Waals surface area contributed by atoms with Gasteiger partial charge < -0.3 is 14.8 Å². The van der Waals surface area contributed by atoms with Crippen LogP contribution < -0.4 is 5.32 Å². The Morgan fingerprint density at radius 3 is 2.58 bits per heavy atom. The Hall–Kier alpha value is -2.70. The van der Waals surface area contributed by atoms with Crippen LogP contribution >= 0.6 is 0 Å². The zero-order valence-corrected chi connectivity index (χ0v) is 19.4. The Labute approximate surface area is 191 Å². The van der Waals surface area contributed by atoms with Crippen LogP contribution in [0.5, 0.6) is 0 Å². The molecule has 1 saturated carbocycles. The van der Waals surface area contributed by atoms with E-state index in [-0.39, 0.29) is 29.4 Å². The lowest BCUT2D eigenvalue weighted by Gasteiger charge is -2.46. The van der Waals surface area contributed by atoms with Crippen molar-refractivity contribution in [2.75, 3.05) is 33.6 Å². The third kappa shape index (κ3) is 5.12. The van der Waals surface area contributed by atoms with Gasteiger partial charge in [-0.15, -0.1) is 0 Å². The van der Waals surface area contributed by atoms with Gasteiger partial charge in [-0.3, -0.25) is 19.3 Å². The van der Waals surface area contributed by atoms with Crippen molar-refractivity contribution < 1.29 is 36.7 Å². The number of benzene rings is 1. The topological polar surface area (TPSA) is 131 Å². The number of rotatable bonds is 9. The van der Waals surface area contributed by atoms with Crippen LogP contribution in [0, 0.1) is 5.82 Å². The number of halogens is 1. The molecule has 2 amide bonds. The standard InChI is InChI=1S/C21H26FN3O7S/c1-25-19(28)17(26)16(24-20(25)21(7-4-8-21)32-10-9-31-2)18(27)23-12-13-5-6-14(22)11-15(13)33(3,29)30/h5-6,11,16H,4,7-10,12H2,1-3H3,(H,23,27). The SMILES string of the molecule is COCCOC1(C2=NC(C(=O)NCc3ccc(F)cc3S(C)(=O)=O)C(=O)C(=O)N2C)CCC1. The first-order chi connectivity index (χ1) is 15.5. The number of carbonyl (C=O) groups excluding carboxylic acids is 3. The summed E-state index contributed by atoms with van der Waals surface area (Å²) in [6.45, 7) is 0.284. The number of aliphatic imine (C=N–C) groups is 1. The third-order valence-corrected chi connectivity index (χ3v) is 6.88. The Kier molecular flexibility index (Phi) is 7.29. The molecule has 1 fully saturated rings. The lowest BCUT2D eigenvalue weighted by atomic mass is 9.77. The molecule has 1 aromatic carbocycles. The number of ether oxygens (including phenoxy) is 2. The first-order valence-electron chi connectivity index (χ1n) is 10.3. The van der Waals surface area contributed by atoms with Gasteiger partial charge in [-0.1, -0.05) is 6.07 Å². The molecule has 1 N–H and O–H groups in total. The number of hydrogen-bond acceptors (Lipinski definition) is 8. The summed E-state index contributed by atoms with van der Waals surface area (Å²) in [4.78, 5) is 43.0. The zero-order valence-electron chi connectivity index (χ0n) is 18.6. The molecule has 0 radical (unpaired) electrons. The monoisotopic (exact) mass is 483 g/mol. The molecular weight excluding hydrogens is 457 g/mol. The van der Waals surface area contributed by atoms with Crippen molar-refractivity contribution in [2.24, 2.45) is 4.99 Å². The number of methoxy groups -OCH3 is 1. The first-order valence-corrected chi connectivity index (χ1v) is 12.2. The van der Waals surface area contributed by atoms with E-state index in [2.05, 4.69) is 10.3 Å². The van der Waals surface area contributed by atoms with Gasteiger partial charge in [0, 0.05) is 27.0 Å². The summed E-state index contributed by atoms with van der Waals surface area (Å²) in [5.74, 6) is -3.30. The van der Waals surface area contributed by atoms with E-state index in [4.69, 9.17) is 9.47 Å². The fourth-order valence-electron chi connectivity index (χ4n) is 3.80. The van der Waals surface area contributed by atoms with Gasteiger partial charge in [0.15, 0.2) is 15.9 Å². The molecule has 0 spiro atoms. The van der Waals surface area contributed by atoms with Gasteiger partial charge in [-0.25, -0.2) is 17.8 Å². The zero-order chi connectivity index (χ0) is 24.4. The summed E-state index contributed by atoms with van der Waals surface area (Å²) >= 11 is 0. The van der Waals surface area contributed by atoms with E-state index in [1.807, 2.05) is 0 Å².